The Kier molecular flexibility index (Phi) is 9.05. The van der Waals surface area contributed by atoms with E-state index in [4.69, 9.17) is 0 Å². The molecule has 0 aliphatic rings. The van der Waals surface area contributed by atoms with Gasteiger partial charge in [-0.15, -0.1) is 0 Å². The monoisotopic (exact) mass is 604 g/mol. The molecule has 0 atom stereocenters. The maximum atomic E-state index is 12.7. The molecule has 0 bridgehead atoms. The van der Waals surface area contributed by atoms with Crippen LogP contribution in [0.5, 0.6) is 0 Å². The van der Waals surface area contributed by atoms with E-state index in [1.807, 2.05) is 24.3 Å². The van der Waals surface area contributed by atoms with Crippen LogP contribution < -0.4 is 8.92 Å². The van der Waals surface area contributed by atoms with Crippen LogP contribution >= 0.6 is 37.2 Å². The SMILES string of the molecule is Fc1ccc([Se][Se]c2ccc(F)cc2)cc1.II. The Labute approximate surface area is 139 Å². The normalized spacial score (nSPS) is 9.56. The van der Waals surface area contributed by atoms with Crippen molar-refractivity contribution < 1.29 is 8.78 Å². The van der Waals surface area contributed by atoms with E-state index < -0.39 is 0 Å². The second-order valence-electron chi connectivity index (χ2n) is 3.07. The van der Waals surface area contributed by atoms with Gasteiger partial charge in [0, 0.05) is 37.2 Å². The summed E-state index contributed by atoms with van der Waals surface area (Å²) in [5.41, 5.74) is 0. The van der Waals surface area contributed by atoms with Crippen molar-refractivity contribution in [1.82, 2.24) is 0 Å². The maximum absolute atomic E-state index is 12.7. The Bertz CT molecular complexity index is 415. The Morgan fingerprint density at radius 1 is 0.611 bits per heavy atom. The van der Waals surface area contributed by atoms with Crippen molar-refractivity contribution in [3.8, 4) is 0 Å². The van der Waals surface area contributed by atoms with Gasteiger partial charge < -0.3 is 0 Å². The van der Waals surface area contributed by atoms with Crippen LogP contribution in [0, 0.1) is 11.6 Å². The molecule has 96 valence electrons. The molecule has 0 radical (unpaired) electrons. The van der Waals surface area contributed by atoms with E-state index in [0.29, 0.717) is 26.3 Å². The number of benzene rings is 2. The molecule has 0 saturated heterocycles. The molecule has 0 unspecified atom stereocenters. The van der Waals surface area contributed by atoms with Crippen LogP contribution in [0.4, 0.5) is 8.78 Å². The van der Waals surface area contributed by atoms with Crippen LogP contribution in [-0.2, 0) is 0 Å². The molecule has 0 N–H and O–H groups in total. The summed E-state index contributed by atoms with van der Waals surface area (Å²) in [6.45, 7) is 0. The number of halogens is 4. The maximum Gasteiger partial charge on any atom is 0 e. The second kappa shape index (κ2) is 9.66. The second-order valence-corrected chi connectivity index (χ2v) is 9.39. The zero-order valence-electron chi connectivity index (χ0n) is 8.95. The number of hydrogen-bond donors (Lipinski definition) is 0. The average molecular weight is 602 g/mol. The molecule has 2 aromatic rings. The average Bonchev–Trinajstić information content (AvgIpc) is 2.42. The van der Waals surface area contributed by atoms with Crippen LogP contribution in [0.3, 0.4) is 0 Å². The van der Waals surface area contributed by atoms with Crippen molar-refractivity contribution in [3.63, 3.8) is 0 Å². The minimum Gasteiger partial charge on any atom is 0 e. The molecule has 0 spiro atoms. The van der Waals surface area contributed by atoms with Crippen molar-refractivity contribution >= 4 is 72.4 Å². The van der Waals surface area contributed by atoms with Gasteiger partial charge in [-0.05, 0) is 0 Å². The minimum atomic E-state index is -0.200. The molecular weight excluding hydrogens is 594 g/mol. The first-order chi connectivity index (χ1) is 8.74. The van der Waals surface area contributed by atoms with Gasteiger partial charge in [0.05, 0.1) is 0 Å². The van der Waals surface area contributed by atoms with Crippen molar-refractivity contribution in [2.45, 2.75) is 0 Å². The van der Waals surface area contributed by atoms with Crippen molar-refractivity contribution in [3.05, 3.63) is 60.2 Å². The molecule has 0 nitrogen and oxygen atoms in total. The van der Waals surface area contributed by atoms with Gasteiger partial charge in [-0.3, -0.25) is 0 Å². The molecule has 2 aromatic carbocycles. The van der Waals surface area contributed by atoms with Crippen molar-refractivity contribution in [2.24, 2.45) is 0 Å². The van der Waals surface area contributed by atoms with E-state index in [0.717, 1.165) is 0 Å². The smallest absolute Gasteiger partial charge is 0 e. The van der Waals surface area contributed by atoms with Crippen LogP contribution in [-0.4, -0.2) is 26.3 Å². The zero-order valence-corrected chi connectivity index (χ0v) is 16.7. The van der Waals surface area contributed by atoms with E-state index in [1.54, 1.807) is 0 Å². The zero-order chi connectivity index (χ0) is 13.4. The van der Waals surface area contributed by atoms with E-state index in [1.165, 1.54) is 33.2 Å². The van der Waals surface area contributed by atoms with Gasteiger partial charge in [-0.1, -0.05) is 0 Å². The fourth-order valence-corrected chi connectivity index (χ4v) is 7.04. The van der Waals surface area contributed by atoms with E-state index in [9.17, 15) is 8.78 Å². The first kappa shape index (κ1) is 16.9. The van der Waals surface area contributed by atoms with E-state index in [2.05, 4.69) is 37.2 Å². The predicted molar refractivity (Wildman–Crippen MR) is 91.6 cm³/mol. The standard InChI is InChI=1S/C12H8F2Se2.I2/c13-9-1-5-11(6-2-9)15-16-12-7-3-10(14)4-8-12;1-2/h1-8H;. The fraction of sp³-hybridized carbons (Fsp3) is 0. The third-order valence-corrected chi connectivity index (χ3v) is 9.09. The fourth-order valence-electron chi connectivity index (χ4n) is 1.08. The molecule has 0 amide bonds. The van der Waals surface area contributed by atoms with Gasteiger partial charge in [-0.25, -0.2) is 0 Å². The Morgan fingerprint density at radius 2 is 0.889 bits per heavy atom. The predicted octanol–water partition coefficient (Wildman–Crippen LogP) is 3.01. The molecule has 0 fully saturated rings. The third-order valence-electron chi connectivity index (χ3n) is 1.86. The van der Waals surface area contributed by atoms with Gasteiger partial charge in [0.1, 0.15) is 0 Å². The molecule has 0 saturated carbocycles. The van der Waals surface area contributed by atoms with Gasteiger partial charge in [0.2, 0.25) is 0 Å². The van der Waals surface area contributed by atoms with Crippen LogP contribution in [0.25, 0.3) is 0 Å². The summed E-state index contributed by atoms with van der Waals surface area (Å²) in [6.07, 6.45) is 0. The van der Waals surface area contributed by atoms with Crippen molar-refractivity contribution in [2.75, 3.05) is 0 Å². The molecule has 0 heterocycles. The number of hydrogen-bond acceptors (Lipinski definition) is 0. The Hall–Kier alpha value is 0.799. The molecule has 2 rings (SSSR count). The summed E-state index contributed by atoms with van der Waals surface area (Å²) in [5.74, 6) is -0.400. The summed E-state index contributed by atoms with van der Waals surface area (Å²) in [7, 11) is 0. The summed E-state index contributed by atoms with van der Waals surface area (Å²) in [5, 5.41) is 0. The van der Waals surface area contributed by atoms with Gasteiger partial charge in [0.15, 0.2) is 0 Å². The van der Waals surface area contributed by atoms with Gasteiger partial charge in [-0.2, -0.15) is 0 Å². The largest absolute Gasteiger partial charge is 0 e. The van der Waals surface area contributed by atoms with Crippen molar-refractivity contribution in [1.29, 1.82) is 0 Å². The molecule has 0 aromatic heterocycles. The Balaban J connectivity index is 0.000000771. The van der Waals surface area contributed by atoms with Crippen LogP contribution in [0.15, 0.2) is 48.5 Å². The summed E-state index contributed by atoms with van der Waals surface area (Å²) in [6, 6.07) is 13.2. The molecule has 18 heavy (non-hydrogen) atoms. The minimum absolute atomic E-state index is 0.200. The first-order valence-electron chi connectivity index (χ1n) is 4.74. The van der Waals surface area contributed by atoms with Gasteiger partial charge >= 0.3 is 104 Å². The topological polar surface area (TPSA) is 0 Å². The van der Waals surface area contributed by atoms with Crippen LogP contribution in [0.1, 0.15) is 0 Å². The summed E-state index contributed by atoms with van der Waals surface area (Å²) < 4.78 is 27.7. The van der Waals surface area contributed by atoms with Crippen LogP contribution in [0.2, 0.25) is 0 Å². The third kappa shape index (κ3) is 6.30. The number of rotatable bonds is 3. The molecule has 6 heteroatoms. The molecule has 0 aliphatic heterocycles. The van der Waals surface area contributed by atoms with Gasteiger partial charge in [0.25, 0.3) is 0 Å². The molecular formula is C12H8F2I2Se2. The quantitative estimate of drug-likeness (QED) is 0.375. The first-order valence-corrected chi connectivity index (χ1v) is 17.1. The summed E-state index contributed by atoms with van der Waals surface area (Å²) >= 11 is 4.90. The summed E-state index contributed by atoms with van der Waals surface area (Å²) in [4.78, 5) is 0. The van der Waals surface area contributed by atoms with E-state index in [-0.39, 0.29) is 11.6 Å². The van der Waals surface area contributed by atoms with E-state index >= 15 is 0 Å². The Morgan fingerprint density at radius 3 is 1.17 bits per heavy atom. The molecule has 0 aliphatic carbocycles.